The fourth-order valence-corrected chi connectivity index (χ4v) is 3.13. The first-order valence-corrected chi connectivity index (χ1v) is 7.49. The van der Waals surface area contributed by atoms with Gasteiger partial charge < -0.3 is 15.8 Å². The number of hydrogen-bond acceptors (Lipinski definition) is 5. The third-order valence-electron chi connectivity index (χ3n) is 4.03. The van der Waals surface area contributed by atoms with Gasteiger partial charge in [0.05, 0.1) is 18.3 Å². The number of ether oxygens (including phenoxy) is 1. The molecular formula is C14H20N4OS. The van der Waals surface area contributed by atoms with Crippen LogP contribution in [0.2, 0.25) is 0 Å². The van der Waals surface area contributed by atoms with Crippen molar-refractivity contribution in [3.8, 4) is 0 Å². The Labute approximate surface area is 124 Å². The molecular weight excluding hydrogens is 272 g/mol. The lowest BCUT2D eigenvalue weighted by Gasteiger charge is -2.35. The second-order valence-corrected chi connectivity index (χ2v) is 5.83. The van der Waals surface area contributed by atoms with Crippen LogP contribution in [0.4, 0.5) is 5.82 Å². The molecule has 1 aromatic rings. The topological polar surface area (TPSA) is 63.4 Å². The first kappa shape index (κ1) is 13.7. The lowest BCUT2D eigenvalue weighted by Crippen LogP contribution is -2.48. The Kier molecular flexibility index (Phi) is 4.14. The highest BCUT2D eigenvalue weighted by Crippen LogP contribution is 2.22. The molecule has 0 spiro atoms. The molecule has 0 bridgehead atoms. The first-order chi connectivity index (χ1) is 9.74. The van der Waals surface area contributed by atoms with Crippen LogP contribution < -0.4 is 11.1 Å². The Morgan fingerprint density at radius 3 is 3.35 bits per heavy atom. The number of hydrogen-bond donors (Lipinski definition) is 2. The summed E-state index contributed by atoms with van der Waals surface area (Å²) in [7, 11) is 0. The zero-order valence-corrected chi connectivity index (χ0v) is 12.2. The highest BCUT2D eigenvalue weighted by atomic mass is 32.1. The molecule has 108 valence electrons. The summed E-state index contributed by atoms with van der Waals surface area (Å²) in [5.41, 5.74) is 6.49. The van der Waals surface area contributed by atoms with E-state index in [1.807, 2.05) is 12.1 Å². The molecule has 20 heavy (non-hydrogen) atoms. The maximum absolute atomic E-state index is 5.92. The Balaban J connectivity index is 1.58. The number of rotatable bonds is 4. The maximum atomic E-state index is 5.92. The van der Waals surface area contributed by atoms with E-state index in [0.29, 0.717) is 11.0 Å². The van der Waals surface area contributed by atoms with E-state index in [1.54, 1.807) is 6.20 Å². The number of anilines is 1. The van der Waals surface area contributed by atoms with Gasteiger partial charge >= 0.3 is 0 Å². The van der Waals surface area contributed by atoms with E-state index in [4.69, 9.17) is 22.7 Å². The summed E-state index contributed by atoms with van der Waals surface area (Å²) in [5, 5.41) is 3.31. The molecule has 2 aliphatic heterocycles. The third kappa shape index (κ3) is 2.92. The second kappa shape index (κ2) is 6.03. The van der Waals surface area contributed by atoms with Gasteiger partial charge in [0.2, 0.25) is 0 Å². The highest BCUT2D eigenvalue weighted by Gasteiger charge is 2.32. The summed E-state index contributed by atoms with van der Waals surface area (Å²) in [4.78, 5) is 7.20. The predicted molar refractivity (Wildman–Crippen MR) is 82.9 cm³/mol. The zero-order chi connectivity index (χ0) is 13.9. The average molecular weight is 292 g/mol. The summed E-state index contributed by atoms with van der Waals surface area (Å²) in [5.74, 6) is 0.743. The SMILES string of the molecule is NC(=S)c1cccnc1NCC1CN2CCCC2CO1. The van der Waals surface area contributed by atoms with Crippen LogP contribution in [-0.2, 0) is 4.74 Å². The largest absolute Gasteiger partial charge is 0.389 e. The molecule has 2 unspecified atom stereocenters. The van der Waals surface area contributed by atoms with Gasteiger partial charge in [-0.25, -0.2) is 4.98 Å². The molecule has 0 aliphatic carbocycles. The Morgan fingerprint density at radius 1 is 1.60 bits per heavy atom. The van der Waals surface area contributed by atoms with Gasteiger partial charge in [0.15, 0.2) is 0 Å². The van der Waals surface area contributed by atoms with E-state index in [0.717, 1.165) is 31.1 Å². The molecule has 0 amide bonds. The molecule has 0 aromatic carbocycles. The standard InChI is InChI=1S/C14H20N4OS/c15-13(20)12-4-1-5-16-14(12)17-7-11-8-18-6-2-3-10(18)9-19-11/h1,4-5,10-11H,2-3,6-9H2,(H2,15,20)(H,16,17). The van der Waals surface area contributed by atoms with Crippen molar-refractivity contribution in [1.29, 1.82) is 0 Å². The number of fused-ring (bicyclic) bond motifs is 1. The van der Waals surface area contributed by atoms with Gasteiger partial charge in [0, 0.05) is 25.3 Å². The van der Waals surface area contributed by atoms with Gasteiger partial charge in [-0.05, 0) is 31.5 Å². The number of nitrogens with one attached hydrogen (secondary N) is 1. The number of pyridine rings is 1. The minimum atomic E-state index is 0.200. The first-order valence-electron chi connectivity index (χ1n) is 7.08. The second-order valence-electron chi connectivity index (χ2n) is 5.39. The average Bonchev–Trinajstić information content (AvgIpc) is 2.92. The summed E-state index contributed by atoms with van der Waals surface area (Å²) in [6.07, 6.45) is 4.50. The van der Waals surface area contributed by atoms with Gasteiger partial charge in [-0.15, -0.1) is 0 Å². The van der Waals surface area contributed by atoms with Crippen LogP contribution in [0.25, 0.3) is 0 Å². The van der Waals surface area contributed by atoms with Crippen LogP contribution in [0.3, 0.4) is 0 Å². The fourth-order valence-electron chi connectivity index (χ4n) is 2.96. The lowest BCUT2D eigenvalue weighted by atomic mass is 10.2. The third-order valence-corrected chi connectivity index (χ3v) is 4.25. The minimum Gasteiger partial charge on any atom is -0.389 e. The van der Waals surface area contributed by atoms with Crippen molar-refractivity contribution in [1.82, 2.24) is 9.88 Å². The van der Waals surface area contributed by atoms with Crippen molar-refractivity contribution in [3.63, 3.8) is 0 Å². The van der Waals surface area contributed by atoms with Gasteiger partial charge in [0.1, 0.15) is 10.8 Å². The molecule has 5 nitrogen and oxygen atoms in total. The highest BCUT2D eigenvalue weighted by molar-refractivity contribution is 7.80. The zero-order valence-electron chi connectivity index (χ0n) is 11.4. The van der Waals surface area contributed by atoms with Crippen LogP contribution in [0, 0.1) is 0 Å². The van der Waals surface area contributed by atoms with E-state index >= 15 is 0 Å². The van der Waals surface area contributed by atoms with Crippen LogP contribution in [0.1, 0.15) is 18.4 Å². The summed E-state index contributed by atoms with van der Waals surface area (Å²) < 4.78 is 5.92. The lowest BCUT2D eigenvalue weighted by molar-refractivity contribution is -0.0416. The quantitative estimate of drug-likeness (QED) is 0.807. The van der Waals surface area contributed by atoms with Crippen molar-refractivity contribution in [3.05, 3.63) is 23.9 Å². The van der Waals surface area contributed by atoms with E-state index < -0.39 is 0 Å². The smallest absolute Gasteiger partial charge is 0.136 e. The van der Waals surface area contributed by atoms with E-state index in [-0.39, 0.29) is 6.10 Å². The summed E-state index contributed by atoms with van der Waals surface area (Å²) >= 11 is 5.04. The molecule has 2 fully saturated rings. The molecule has 2 aliphatic rings. The molecule has 3 rings (SSSR count). The van der Waals surface area contributed by atoms with Crippen molar-refractivity contribution in [2.75, 3.05) is 31.6 Å². The number of nitrogens with two attached hydrogens (primary N) is 1. The van der Waals surface area contributed by atoms with Crippen LogP contribution in [0.15, 0.2) is 18.3 Å². The number of nitrogens with zero attached hydrogens (tertiary/aromatic N) is 2. The molecule has 1 aromatic heterocycles. The van der Waals surface area contributed by atoms with Crippen molar-refractivity contribution >= 4 is 23.0 Å². The fraction of sp³-hybridized carbons (Fsp3) is 0.571. The summed E-state index contributed by atoms with van der Waals surface area (Å²) in [6.45, 7) is 3.77. The maximum Gasteiger partial charge on any atom is 0.136 e. The molecule has 3 heterocycles. The van der Waals surface area contributed by atoms with Crippen molar-refractivity contribution < 1.29 is 4.74 Å². The summed E-state index contributed by atoms with van der Waals surface area (Å²) in [6, 6.07) is 4.36. The van der Waals surface area contributed by atoms with Gasteiger partial charge in [-0.1, -0.05) is 12.2 Å². The molecule has 3 N–H and O–H groups in total. The van der Waals surface area contributed by atoms with E-state index in [2.05, 4.69) is 15.2 Å². The molecule has 0 saturated carbocycles. The van der Waals surface area contributed by atoms with Crippen molar-refractivity contribution in [2.45, 2.75) is 25.0 Å². The van der Waals surface area contributed by atoms with Crippen LogP contribution in [0.5, 0.6) is 0 Å². The number of aromatic nitrogens is 1. The Bertz CT molecular complexity index is 496. The molecule has 2 atom stereocenters. The van der Waals surface area contributed by atoms with Crippen LogP contribution >= 0.6 is 12.2 Å². The van der Waals surface area contributed by atoms with Crippen molar-refractivity contribution in [2.24, 2.45) is 5.73 Å². The number of thiocarbonyl (C=S) groups is 1. The predicted octanol–water partition coefficient (Wildman–Crippen LogP) is 0.991. The molecule has 6 heteroatoms. The van der Waals surface area contributed by atoms with E-state index in [9.17, 15) is 0 Å². The monoisotopic (exact) mass is 292 g/mol. The van der Waals surface area contributed by atoms with Gasteiger partial charge in [-0.2, -0.15) is 0 Å². The van der Waals surface area contributed by atoms with Gasteiger partial charge in [0.25, 0.3) is 0 Å². The molecule has 0 radical (unpaired) electrons. The Morgan fingerprint density at radius 2 is 2.50 bits per heavy atom. The van der Waals surface area contributed by atoms with E-state index in [1.165, 1.54) is 19.4 Å². The van der Waals surface area contributed by atoms with Gasteiger partial charge in [-0.3, -0.25) is 4.90 Å². The normalized spacial score (nSPS) is 26.2. The number of morpholine rings is 1. The van der Waals surface area contributed by atoms with Crippen LogP contribution in [-0.4, -0.2) is 53.3 Å². The Hall–Kier alpha value is -1.24. The molecule has 2 saturated heterocycles. The minimum absolute atomic E-state index is 0.200.